The smallest absolute Gasteiger partial charge is 0.244 e. The van der Waals surface area contributed by atoms with Crippen molar-refractivity contribution in [1.29, 1.82) is 0 Å². The van der Waals surface area contributed by atoms with Crippen LogP contribution in [0.2, 0.25) is 0 Å². The lowest BCUT2D eigenvalue weighted by molar-refractivity contribution is -0.141. The summed E-state index contributed by atoms with van der Waals surface area (Å²) >= 11 is 3.10. The van der Waals surface area contributed by atoms with Gasteiger partial charge in [0.1, 0.15) is 12.4 Å². The van der Waals surface area contributed by atoms with Gasteiger partial charge in [-0.15, -0.1) is 0 Å². The van der Waals surface area contributed by atoms with Crippen LogP contribution in [0, 0.1) is 5.82 Å². The van der Waals surface area contributed by atoms with Crippen LogP contribution in [0.1, 0.15) is 12.8 Å². The van der Waals surface area contributed by atoms with Gasteiger partial charge >= 0.3 is 0 Å². The molecule has 1 fully saturated rings. The zero-order valence-corrected chi connectivity index (χ0v) is 11.4. The lowest BCUT2D eigenvalue weighted by Gasteiger charge is -2.13. The van der Waals surface area contributed by atoms with Gasteiger partial charge in [0.2, 0.25) is 17.7 Å². The Kier molecular flexibility index (Phi) is 3.94. The molecule has 7 heteroatoms. The number of hydrogen-bond donors (Lipinski definition) is 1. The van der Waals surface area contributed by atoms with Crippen LogP contribution in [0.5, 0.6) is 0 Å². The molecule has 5 nitrogen and oxygen atoms in total. The molecule has 19 heavy (non-hydrogen) atoms. The van der Waals surface area contributed by atoms with Crippen LogP contribution in [0.4, 0.5) is 10.1 Å². The highest BCUT2D eigenvalue weighted by Crippen LogP contribution is 2.19. The standard InChI is InChI=1S/C12H10BrFN2O3/c13-7-1-2-9(8(14)5-7)15-10(17)6-16-11(18)3-4-12(16)19/h1-2,5H,3-4,6H2,(H,15,17). The highest BCUT2D eigenvalue weighted by atomic mass is 79.9. The minimum atomic E-state index is -0.607. The Balaban J connectivity index is 2.01. The zero-order valence-electron chi connectivity index (χ0n) is 9.78. The van der Waals surface area contributed by atoms with Gasteiger partial charge in [0.15, 0.2) is 0 Å². The molecule has 0 bridgehead atoms. The Morgan fingerprint density at radius 3 is 2.53 bits per heavy atom. The Bertz CT molecular complexity index is 546. The van der Waals surface area contributed by atoms with Crippen LogP contribution >= 0.6 is 15.9 Å². The molecule has 2 rings (SSSR count). The number of benzene rings is 1. The summed E-state index contributed by atoms with van der Waals surface area (Å²) in [5, 5.41) is 2.32. The van der Waals surface area contributed by atoms with Crippen molar-refractivity contribution in [3.05, 3.63) is 28.5 Å². The maximum atomic E-state index is 13.5. The summed E-state index contributed by atoms with van der Waals surface area (Å²) < 4.78 is 14.0. The molecule has 1 heterocycles. The molecule has 1 aromatic carbocycles. The number of hydrogen-bond acceptors (Lipinski definition) is 3. The molecule has 0 atom stereocenters. The Morgan fingerprint density at radius 1 is 1.32 bits per heavy atom. The molecular formula is C12H10BrFN2O3. The van der Waals surface area contributed by atoms with Crippen LogP contribution in [0.15, 0.2) is 22.7 Å². The number of amides is 3. The third kappa shape index (κ3) is 3.17. The number of carbonyl (C=O) groups is 3. The number of rotatable bonds is 3. The Morgan fingerprint density at radius 2 is 1.95 bits per heavy atom. The van der Waals surface area contributed by atoms with Crippen molar-refractivity contribution in [3.63, 3.8) is 0 Å². The summed E-state index contributed by atoms with van der Waals surface area (Å²) in [4.78, 5) is 35.2. The van der Waals surface area contributed by atoms with Crippen molar-refractivity contribution < 1.29 is 18.8 Å². The number of likely N-dealkylation sites (tertiary alicyclic amines) is 1. The maximum Gasteiger partial charge on any atom is 0.244 e. The van der Waals surface area contributed by atoms with Crippen LogP contribution in [0.3, 0.4) is 0 Å². The molecular weight excluding hydrogens is 319 g/mol. The molecule has 1 aromatic rings. The molecule has 1 N–H and O–H groups in total. The Labute approximate surface area is 116 Å². The van der Waals surface area contributed by atoms with E-state index in [0.29, 0.717) is 4.47 Å². The van der Waals surface area contributed by atoms with Gasteiger partial charge < -0.3 is 5.32 Å². The second-order valence-corrected chi connectivity index (χ2v) is 4.96. The first-order valence-electron chi connectivity index (χ1n) is 5.55. The summed E-state index contributed by atoms with van der Waals surface area (Å²) in [6.07, 6.45) is 0.248. The fourth-order valence-corrected chi connectivity index (χ4v) is 2.06. The number of anilines is 1. The van der Waals surface area contributed by atoms with E-state index in [9.17, 15) is 18.8 Å². The molecule has 0 aromatic heterocycles. The summed E-state index contributed by atoms with van der Waals surface area (Å²) in [5.74, 6) is -1.96. The van der Waals surface area contributed by atoms with Gasteiger partial charge in [0.05, 0.1) is 5.69 Å². The van der Waals surface area contributed by atoms with Crippen molar-refractivity contribution in [2.45, 2.75) is 12.8 Å². The minimum absolute atomic E-state index is 0.00675. The molecule has 100 valence electrons. The topological polar surface area (TPSA) is 66.5 Å². The maximum absolute atomic E-state index is 13.5. The molecule has 3 amide bonds. The first kappa shape index (κ1) is 13.7. The average Bonchev–Trinajstić information content (AvgIpc) is 2.65. The van der Waals surface area contributed by atoms with E-state index in [4.69, 9.17) is 0 Å². The van der Waals surface area contributed by atoms with Crippen LogP contribution in [0.25, 0.3) is 0 Å². The highest BCUT2D eigenvalue weighted by molar-refractivity contribution is 9.10. The summed E-state index contributed by atoms with van der Waals surface area (Å²) in [6.45, 7) is -0.382. The van der Waals surface area contributed by atoms with Crippen molar-refractivity contribution in [2.75, 3.05) is 11.9 Å². The van der Waals surface area contributed by atoms with Gasteiger partial charge in [-0.05, 0) is 18.2 Å². The predicted molar refractivity (Wildman–Crippen MR) is 68.7 cm³/mol. The van der Waals surface area contributed by atoms with Crippen molar-refractivity contribution in [1.82, 2.24) is 4.90 Å². The second kappa shape index (κ2) is 5.48. The second-order valence-electron chi connectivity index (χ2n) is 4.05. The normalized spacial score (nSPS) is 14.9. The first-order valence-corrected chi connectivity index (χ1v) is 6.35. The van der Waals surface area contributed by atoms with Crippen molar-refractivity contribution in [2.24, 2.45) is 0 Å². The molecule has 0 saturated carbocycles. The van der Waals surface area contributed by atoms with Crippen molar-refractivity contribution >= 4 is 39.3 Å². The molecule has 1 aliphatic rings. The molecule has 0 spiro atoms. The van der Waals surface area contributed by atoms with E-state index >= 15 is 0 Å². The lowest BCUT2D eigenvalue weighted by atomic mass is 10.3. The largest absolute Gasteiger partial charge is 0.322 e. The molecule has 0 radical (unpaired) electrons. The zero-order chi connectivity index (χ0) is 14.0. The highest BCUT2D eigenvalue weighted by Gasteiger charge is 2.30. The van der Waals surface area contributed by atoms with E-state index in [1.807, 2.05) is 0 Å². The SMILES string of the molecule is O=C(CN1C(=O)CCC1=O)Nc1ccc(Br)cc1F. The van der Waals surface area contributed by atoms with Gasteiger partial charge in [0, 0.05) is 17.3 Å². The van der Waals surface area contributed by atoms with Crippen molar-refractivity contribution in [3.8, 4) is 0 Å². The van der Waals surface area contributed by atoms with Gasteiger partial charge in [-0.1, -0.05) is 15.9 Å². The van der Waals surface area contributed by atoms with Crippen LogP contribution in [-0.2, 0) is 14.4 Å². The fourth-order valence-electron chi connectivity index (χ4n) is 1.72. The van der Waals surface area contributed by atoms with Crippen LogP contribution in [-0.4, -0.2) is 29.2 Å². The third-order valence-electron chi connectivity index (χ3n) is 2.66. The summed E-state index contributed by atoms with van der Waals surface area (Å²) in [6, 6.07) is 4.18. The third-order valence-corrected chi connectivity index (χ3v) is 3.16. The Hall–Kier alpha value is -1.76. The quantitative estimate of drug-likeness (QED) is 0.858. The number of carbonyl (C=O) groups excluding carboxylic acids is 3. The number of halogens is 2. The van der Waals surface area contributed by atoms with Gasteiger partial charge in [0.25, 0.3) is 0 Å². The van der Waals surface area contributed by atoms with Gasteiger partial charge in [-0.3, -0.25) is 19.3 Å². The molecule has 1 saturated heterocycles. The van der Waals surface area contributed by atoms with E-state index in [-0.39, 0.29) is 36.9 Å². The van der Waals surface area contributed by atoms with E-state index in [1.54, 1.807) is 6.07 Å². The lowest BCUT2D eigenvalue weighted by Crippen LogP contribution is -2.37. The van der Waals surface area contributed by atoms with Gasteiger partial charge in [-0.2, -0.15) is 0 Å². The molecule has 1 aliphatic heterocycles. The summed E-state index contributed by atoms with van der Waals surface area (Å²) in [5.41, 5.74) is 0.00675. The monoisotopic (exact) mass is 328 g/mol. The predicted octanol–water partition coefficient (Wildman–Crippen LogP) is 1.68. The van der Waals surface area contributed by atoms with Crippen LogP contribution < -0.4 is 5.32 Å². The fraction of sp³-hybridized carbons (Fsp3) is 0.250. The average molecular weight is 329 g/mol. The number of nitrogens with one attached hydrogen (secondary N) is 1. The van der Waals surface area contributed by atoms with E-state index in [2.05, 4.69) is 21.2 Å². The van der Waals surface area contributed by atoms with E-state index in [1.165, 1.54) is 12.1 Å². The number of imide groups is 1. The van der Waals surface area contributed by atoms with E-state index in [0.717, 1.165) is 4.90 Å². The first-order chi connectivity index (χ1) is 8.97. The number of nitrogens with zero attached hydrogens (tertiary/aromatic N) is 1. The molecule has 0 unspecified atom stereocenters. The van der Waals surface area contributed by atoms with E-state index < -0.39 is 11.7 Å². The minimum Gasteiger partial charge on any atom is -0.322 e. The summed E-state index contributed by atoms with van der Waals surface area (Å²) in [7, 11) is 0. The molecule has 0 aliphatic carbocycles. The van der Waals surface area contributed by atoms with Gasteiger partial charge in [-0.25, -0.2) is 4.39 Å².